The Hall–Kier alpha value is -1.55. The first kappa shape index (κ1) is 16.5. The molecule has 0 spiro atoms. The fraction of sp³-hybridized carbons (Fsp3) is 0.562. The SMILES string of the molecule is CC(C)OC(=O)COc1cccc(CNC(C)(C)C)c1. The average molecular weight is 279 g/mol. The Morgan fingerprint density at radius 2 is 2.00 bits per heavy atom. The summed E-state index contributed by atoms with van der Waals surface area (Å²) in [5, 5.41) is 3.41. The summed E-state index contributed by atoms with van der Waals surface area (Å²) in [5.74, 6) is 0.331. The van der Waals surface area contributed by atoms with Crippen molar-refractivity contribution in [3.63, 3.8) is 0 Å². The molecule has 20 heavy (non-hydrogen) atoms. The lowest BCUT2D eigenvalue weighted by Crippen LogP contribution is -2.35. The van der Waals surface area contributed by atoms with Crippen molar-refractivity contribution in [2.75, 3.05) is 6.61 Å². The largest absolute Gasteiger partial charge is 0.482 e. The highest BCUT2D eigenvalue weighted by atomic mass is 16.6. The van der Waals surface area contributed by atoms with Gasteiger partial charge in [0.1, 0.15) is 5.75 Å². The number of carbonyl (C=O) groups excluding carboxylic acids is 1. The molecule has 1 aromatic rings. The number of rotatable bonds is 6. The van der Waals surface area contributed by atoms with E-state index >= 15 is 0 Å². The predicted molar refractivity (Wildman–Crippen MR) is 79.8 cm³/mol. The zero-order chi connectivity index (χ0) is 15.2. The van der Waals surface area contributed by atoms with Crippen LogP contribution < -0.4 is 10.1 Å². The lowest BCUT2D eigenvalue weighted by atomic mass is 10.1. The van der Waals surface area contributed by atoms with Gasteiger partial charge in [-0.25, -0.2) is 4.79 Å². The standard InChI is InChI=1S/C16H25NO3/c1-12(2)20-15(18)11-19-14-8-6-7-13(9-14)10-17-16(3,4)5/h6-9,12,17H,10-11H2,1-5H3. The molecule has 0 radical (unpaired) electrons. The fourth-order valence-electron chi connectivity index (χ4n) is 1.55. The molecule has 0 aliphatic heterocycles. The smallest absolute Gasteiger partial charge is 0.344 e. The van der Waals surface area contributed by atoms with Crippen LogP contribution in [-0.2, 0) is 16.1 Å². The predicted octanol–water partition coefficient (Wildman–Crippen LogP) is 2.91. The van der Waals surface area contributed by atoms with Gasteiger partial charge >= 0.3 is 5.97 Å². The molecule has 0 aliphatic carbocycles. The minimum Gasteiger partial charge on any atom is -0.482 e. The second-order valence-electron chi connectivity index (χ2n) is 6.08. The second-order valence-corrected chi connectivity index (χ2v) is 6.08. The summed E-state index contributed by atoms with van der Waals surface area (Å²) in [7, 11) is 0. The van der Waals surface area contributed by atoms with Crippen LogP contribution in [0, 0.1) is 0 Å². The zero-order valence-corrected chi connectivity index (χ0v) is 13.0. The van der Waals surface area contributed by atoms with Crippen LogP contribution in [0.25, 0.3) is 0 Å². The lowest BCUT2D eigenvalue weighted by Gasteiger charge is -2.20. The maximum atomic E-state index is 11.4. The quantitative estimate of drug-likeness (QED) is 0.813. The van der Waals surface area contributed by atoms with E-state index in [-0.39, 0.29) is 24.2 Å². The van der Waals surface area contributed by atoms with Crippen molar-refractivity contribution in [3.8, 4) is 5.75 Å². The van der Waals surface area contributed by atoms with E-state index in [0.717, 1.165) is 12.1 Å². The third-order valence-corrected chi connectivity index (χ3v) is 2.45. The maximum Gasteiger partial charge on any atom is 0.344 e. The van der Waals surface area contributed by atoms with Crippen molar-refractivity contribution < 1.29 is 14.3 Å². The van der Waals surface area contributed by atoms with Gasteiger partial charge in [0.2, 0.25) is 0 Å². The molecular formula is C16H25NO3. The lowest BCUT2D eigenvalue weighted by molar-refractivity contribution is -0.149. The number of esters is 1. The van der Waals surface area contributed by atoms with E-state index in [4.69, 9.17) is 9.47 Å². The minimum absolute atomic E-state index is 0.0612. The summed E-state index contributed by atoms with van der Waals surface area (Å²) in [6.07, 6.45) is -0.117. The van der Waals surface area contributed by atoms with E-state index in [1.807, 2.05) is 38.1 Å². The molecule has 1 N–H and O–H groups in total. The van der Waals surface area contributed by atoms with Gasteiger partial charge < -0.3 is 14.8 Å². The molecule has 0 fully saturated rings. The Labute approximate surface area is 121 Å². The van der Waals surface area contributed by atoms with Gasteiger partial charge in [-0.3, -0.25) is 0 Å². The number of benzene rings is 1. The van der Waals surface area contributed by atoms with Crippen molar-refractivity contribution in [1.29, 1.82) is 0 Å². The van der Waals surface area contributed by atoms with Crippen LogP contribution >= 0.6 is 0 Å². The van der Waals surface area contributed by atoms with Gasteiger partial charge in [-0.05, 0) is 52.3 Å². The summed E-state index contributed by atoms with van der Waals surface area (Å²) in [5.41, 5.74) is 1.19. The van der Waals surface area contributed by atoms with Crippen molar-refractivity contribution in [1.82, 2.24) is 5.32 Å². The summed E-state index contributed by atoms with van der Waals surface area (Å²) in [6, 6.07) is 7.71. The number of hydrogen-bond acceptors (Lipinski definition) is 4. The van der Waals surface area contributed by atoms with Crippen LogP contribution in [0.15, 0.2) is 24.3 Å². The van der Waals surface area contributed by atoms with Gasteiger partial charge in [-0.2, -0.15) is 0 Å². The Morgan fingerprint density at radius 1 is 1.30 bits per heavy atom. The number of ether oxygens (including phenoxy) is 2. The van der Waals surface area contributed by atoms with Gasteiger partial charge in [-0.15, -0.1) is 0 Å². The van der Waals surface area contributed by atoms with Gasteiger partial charge in [0, 0.05) is 12.1 Å². The monoisotopic (exact) mass is 279 g/mol. The number of hydrogen-bond donors (Lipinski definition) is 1. The molecule has 0 saturated heterocycles. The van der Waals surface area contributed by atoms with E-state index in [1.54, 1.807) is 0 Å². The van der Waals surface area contributed by atoms with Gasteiger partial charge in [0.05, 0.1) is 6.10 Å². The molecule has 4 heteroatoms. The molecular weight excluding hydrogens is 254 g/mol. The Kier molecular flexibility index (Phi) is 6.02. The number of nitrogens with one attached hydrogen (secondary N) is 1. The van der Waals surface area contributed by atoms with Crippen molar-refractivity contribution in [2.45, 2.75) is 52.8 Å². The third-order valence-electron chi connectivity index (χ3n) is 2.45. The first-order valence-corrected chi connectivity index (χ1v) is 6.92. The van der Waals surface area contributed by atoms with E-state index in [9.17, 15) is 4.79 Å². The third kappa shape index (κ3) is 7.14. The summed E-state index contributed by atoms with van der Waals surface area (Å²) in [6.45, 7) is 10.7. The van der Waals surface area contributed by atoms with Crippen LogP contribution in [-0.4, -0.2) is 24.2 Å². The van der Waals surface area contributed by atoms with Crippen molar-refractivity contribution in [2.24, 2.45) is 0 Å². The normalized spacial score (nSPS) is 11.5. The molecule has 1 aromatic carbocycles. The van der Waals surface area contributed by atoms with Crippen LogP contribution in [0.2, 0.25) is 0 Å². The van der Waals surface area contributed by atoms with Crippen LogP contribution in [0.5, 0.6) is 5.75 Å². The fourth-order valence-corrected chi connectivity index (χ4v) is 1.55. The highest BCUT2D eigenvalue weighted by Crippen LogP contribution is 2.14. The Morgan fingerprint density at radius 3 is 2.60 bits per heavy atom. The van der Waals surface area contributed by atoms with Crippen LogP contribution in [0.1, 0.15) is 40.2 Å². The minimum atomic E-state index is -0.349. The van der Waals surface area contributed by atoms with Crippen molar-refractivity contribution in [3.05, 3.63) is 29.8 Å². The first-order chi connectivity index (χ1) is 9.26. The number of carbonyl (C=O) groups is 1. The Bertz CT molecular complexity index is 436. The van der Waals surface area contributed by atoms with E-state index in [2.05, 4.69) is 26.1 Å². The molecule has 0 saturated carbocycles. The van der Waals surface area contributed by atoms with Crippen LogP contribution in [0.3, 0.4) is 0 Å². The van der Waals surface area contributed by atoms with Crippen LogP contribution in [0.4, 0.5) is 0 Å². The van der Waals surface area contributed by atoms with Gasteiger partial charge in [0.15, 0.2) is 6.61 Å². The second kappa shape index (κ2) is 7.29. The first-order valence-electron chi connectivity index (χ1n) is 6.92. The highest BCUT2D eigenvalue weighted by molar-refractivity contribution is 5.71. The van der Waals surface area contributed by atoms with E-state index in [0.29, 0.717) is 5.75 Å². The molecule has 0 heterocycles. The molecule has 0 unspecified atom stereocenters. The van der Waals surface area contributed by atoms with Crippen molar-refractivity contribution >= 4 is 5.97 Å². The molecule has 4 nitrogen and oxygen atoms in total. The molecule has 0 aromatic heterocycles. The molecule has 112 valence electrons. The molecule has 0 bridgehead atoms. The molecule has 0 aliphatic rings. The Balaban J connectivity index is 2.49. The molecule has 1 rings (SSSR count). The zero-order valence-electron chi connectivity index (χ0n) is 13.0. The maximum absolute atomic E-state index is 11.4. The summed E-state index contributed by atoms with van der Waals surface area (Å²) < 4.78 is 10.5. The van der Waals surface area contributed by atoms with E-state index in [1.165, 1.54) is 0 Å². The molecule has 0 amide bonds. The van der Waals surface area contributed by atoms with Gasteiger partial charge in [0.25, 0.3) is 0 Å². The summed E-state index contributed by atoms with van der Waals surface area (Å²) in [4.78, 5) is 11.4. The molecule has 0 atom stereocenters. The highest BCUT2D eigenvalue weighted by Gasteiger charge is 2.09. The topological polar surface area (TPSA) is 47.6 Å². The van der Waals surface area contributed by atoms with Gasteiger partial charge in [-0.1, -0.05) is 12.1 Å². The van der Waals surface area contributed by atoms with E-state index < -0.39 is 0 Å². The summed E-state index contributed by atoms with van der Waals surface area (Å²) >= 11 is 0. The average Bonchev–Trinajstić information content (AvgIpc) is 2.33.